The molecule has 190 valence electrons. The van der Waals surface area contributed by atoms with Crippen molar-refractivity contribution in [1.29, 1.82) is 5.16 Å². The molecule has 0 unspecified atom stereocenters. The van der Waals surface area contributed by atoms with Crippen LogP contribution in [-0.2, 0) is 0 Å². The van der Waals surface area contributed by atoms with Crippen molar-refractivity contribution in [2.75, 3.05) is 0 Å². The van der Waals surface area contributed by atoms with Crippen LogP contribution in [0.5, 0.6) is 0 Å². The molecule has 0 heterocycles. The van der Waals surface area contributed by atoms with Gasteiger partial charge in [-0.15, -0.1) is 0 Å². The molecule has 1 N–H and O–H groups in total. The highest BCUT2D eigenvalue weighted by Gasteiger charge is 2.24. The molecule has 0 saturated heterocycles. The summed E-state index contributed by atoms with van der Waals surface area (Å²) in [6.45, 7) is 0. The summed E-state index contributed by atoms with van der Waals surface area (Å²) in [5.41, 5.74) is 0. The zero-order valence-electron chi connectivity index (χ0n) is 21.7. The van der Waals surface area contributed by atoms with E-state index in [9.17, 15) is 5.16 Å². The Bertz CT molecular complexity index is 1390. The van der Waals surface area contributed by atoms with Crippen LogP contribution in [0.4, 0.5) is 0 Å². The first kappa shape index (κ1) is 26.6. The average Bonchev–Trinajstić information content (AvgIpc) is 3.04. The zero-order chi connectivity index (χ0) is 26.8. The number of hydrogen-bond donors (Lipinski definition) is 1. The first-order valence-corrected chi connectivity index (χ1v) is 16.2. The standard InChI is InChI=1S/C18H16NP.C18H15P/c19-20(16-10-4-1-5-11-16,17-12-6-2-7-13-17)18-14-8-3-9-15-18;1-4-10-16(11-5-1)19(17-12-6-2-7-13-17)18-14-8-3-9-15-18/h1-15,19H;1-15H. The third-order valence-corrected chi connectivity index (χ3v) is 12.1. The van der Waals surface area contributed by atoms with Gasteiger partial charge in [-0.25, -0.2) is 0 Å². The molecule has 0 fully saturated rings. The Morgan fingerprint density at radius 1 is 0.308 bits per heavy atom. The number of hydrogen-bond acceptors (Lipinski definition) is 1. The van der Waals surface area contributed by atoms with Crippen LogP contribution in [0.15, 0.2) is 182 Å². The fourth-order valence-electron chi connectivity index (χ4n) is 4.58. The van der Waals surface area contributed by atoms with Crippen molar-refractivity contribution < 1.29 is 0 Å². The van der Waals surface area contributed by atoms with Gasteiger partial charge in [-0.3, -0.25) is 0 Å². The molecule has 0 aromatic heterocycles. The Morgan fingerprint density at radius 2 is 0.513 bits per heavy atom. The van der Waals surface area contributed by atoms with E-state index in [0.29, 0.717) is 0 Å². The Hall–Kier alpha value is -4.02. The number of rotatable bonds is 6. The summed E-state index contributed by atoms with van der Waals surface area (Å²) in [6.07, 6.45) is 0. The molecule has 39 heavy (non-hydrogen) atoms. The van der Waals surface area contributed by atoms with Gasteiger partial charge in [-0.2, -0.15) is 0 Å². The average molecular weight is 540 g/mol. The van der Waals surface area contributed by atoms with E-state index in [4.69, 9.17) is 0 Å². The Labute approximate surface area is 233 Å². The molecule has 3 heteroatoms. The lowest BCUT2D eigenvalue weighted by molar-refractivity contribution is 1.59. The predicted octanol–water partition coefficient (Wildman–Crippen LogP) is 7.19. The zero-order valence-corrected chi connectivity index (χ0v) is 23.5. The molecule has 0 aliphatic carbocycles. The smallest absolute Gasteiger partial charge is 0.0512 e. The summed E-state index contributed by atoms with van der Waals surface area (Å²) < 4.78 is 0. The highest BCUT2D eigenvalue weighted by atomic mass is 31.2. The van der Waals surface area contributed by atoms with E-state index in [2.05, 4.69) is 127 Å². The van der Waals surface area contributed by atoms with Crippen molar-refractivity contribution in [2.45, 2.75) is 0 Å². The highest BCUT2D eigenvalue weighted by molar-refractivity contribution is 7.86. The van der Waals surface area contributed by atoms with Crippen molar-refractivity contribution in [1.82, 2.24) is 0 Å². The highest BCUT2D eigenvalue weighted by Crippen LogP contribution is 2.42. The molecular formula is C36H31NP2. The molecule has 0 bridgehead atoms. The van der Waals surface area contributed by atoms with Gasteiger partial charge in [0.15, 0.2) is 0 Å². The lowest BCUT2D eigenvalue weighted by Crippen LogP contribution is -2.24. The third-order valence-electron chi connectivity index (χ3n) is 6.47. The molecular weight excluding hydrogens is 508 g/mol. The van der Waals surface area contributed by atoms with Gasteiger partial charge >= 0.3 is 0 Å². The summed E-state index contributed by atoms with van der Waals surface area (Å²) >= 11 is 0. The Morgan fingerprint density at radius 3 is 0.744 bits per heavy atom. The van der Waals surface area contributed by atoms with Gasteiger partial charge in [-0.1, -0.05) is 182 Å². The lowest BCUT2D eigenvalue weighted by atomic mass is 10.4. The summed E-state index contributed by atoms with van der Waals surface area (Å²) in [5.74, 6) is 0. The van der Waals surface area contributed by atoms with E-state index in [-0.39, 0.29) is 0 Å². The van der Waals surface area contributed by atoms with E-state index in [0.717, 1.165) is 15.9 Å². The van der Waals surface area contributed by atoms with Gasteiger partial charge in [0.2, 0.25) is 0 Å². The van der Waals surface area contributed by atoms with Gasteiger partial charge in [0.05, 0.1) is 7.05 Å². The Balaban J connectivity index is 0.000000158. The Kier molecular flexibility index (Phi) is 8.97. The summed E-state index contributed by atoms with van der Waals surface area (Å²) in [6, 6.07) is 62.9. The van der Waals surface area contributed by atoms with Crippen molar-refractivity contribution in [3.05, 3.63) is 182 Å². The molecule has 0 saturated carbocycles. The largest absolute Gasteiger partial charge is 0.305 e. The van der Waals surface area contributed by atoms with Gasteiger partial charge in [-0.05, 0) is 39.7 Å². The van der Waals surface area contributed by atoms with E-state index >= 15 is 0 Å². The van der Waals surface area contributed by atoms with Crippen molar-refractivity contribution in [3.8, 4) is 0 Å². The van der Waals surface area contributed by atoms with E-state index in [1.807, 2.05) is 54.6 Å². The predicted molar refractivity (Wildman–Crippen MR) is 173 cm³/mol. The fraction of sp³-hybridized carbons (Fsp3) is 0. The van der Waals surface area contributed by atoms with Crippen LogP contribution in [0.1, 0.15) is 0 Å². The second-order valence-electron chi connectivity index (χ2n) is 9.02. The monoisotopic (exact) mass is 539 g/mol. The van der Waals surface area contributed by atoms with Gasteiger partial charge in [0.1, 0.15) is 0 Å². The second-order valence-corrected chi connectivity index (χ2v) is 14.1. The maximum Gasteiger partial charge on any atom is 0.0512 e. The molecule has 6 aromatic rings. The van der Waals surface area contributed by atoms with E-state index < -0.39 is 15.0 Å². The molecule has 0 spiro atoms. The van der Waals surface area contributed by atoms with Crippen molar-refractivity contribution in [3.63, 3.8) is 0 Å². The summed E-state index contributed by atoms with van der Waals surface area (Å²) in [4.78, 5) is 0. The van der Waals surface area contributed by atoms with E-state index in [1.165, 1.54) is 15.9 Å². The van der Waals surface area contributed by atoms with Crippen LogP contribution < -0.4 is 31.8 Å². The molecule has 6 rings (SSSR count). The minimum atomic E-state index is -2.28. The molecule has 0 aliphatic heterocycles. The summed E-state index contributed by atoms with van der Waals surface area (Å²) in [7, 11) is -2.72. The lowest BCUT2D eigenvalue weighted by Gasteiger charge is -2.24. The quantitative estimate of drug-likeness (QED) is 0.217. The molecule has 0 atom stereocenters. The van der Waals surface area contributed by atoms with Gasteiger partial charge in [0.25, 0.3) is 0 Å². The number of benzene rings is 6. The van der Waals surface area contributed by atoms with Gasteiger partial charge < -0.3 is 5.16 Å². The van der Waals surface area contributed by atoms with E-state index in [1.54, 1.807) is 0 Å². The topological polar surface area (TPSA) is 23.9 Å². The fourth-order valence-corrected chi connectivity index (χ4v) is 9.64. The third kappa shape index (κ3) is 6.35. The van der Waals surface area contributed by atoms with Crippen LogP contribution in [0.3, 0.4) is 0 Å². The maximum absolute atomic E-state index is 9.25. The minimum absolute atomic E-state index is 0.446. The first-order valence-electron chi connectivity index (χ1n) is 13.0. The molecule has 0 radical (unpaired) electrons. The van der Waals surface area contributed by atoms with Crippen molar-refractivity contribution in [2.24, 2.45) is 0 Å². The molecule has 0 amide bonds. The minimum Gasteiger partial charge on any atom is -0.305 e. The SMILES string of the molecule is N=P(c1ccccc1)(c1ccccc1)c1ccccc1.c1ccc(P(c2ccccc2)c2ccccc2)cc1. The molecule has 6 aromatic carbocycles. The normalized spacial score (nSPS) is 10.9. The second kappa shape index (κ2) is 13.2. The van der Waals surface area contributed by atoms with Crippen LogP contribution in [0.2, 0.25) is 0 Å². The van der Waals surface area contributed by atoms with Crippen LogP contribution in [0, 0.1) is 5.16 Å². The van der Waals surface area contributed by atoms with Crippen LogP contribution >= 0.6 is 15.0 Å². The number of nitrogens with one attached hydrogen (secondary N) is 1. The first-order chi connectivity index (χ1) is 19.3. The van der Waals surface area contributed by atoms with Gasteiger partial charge in [0, 0.05) is 0 Å². The molecule has 1 nitrogen and oxygen atoms in total. The van der Waals surface area contributed by atoms with Crippen molar-refractivity contribution >= 4 is 46.8 Å². The maximum atomic E-state index is 9.25. The van der Waals surface area contributed by atoms with Crippen LogP contribution in [0.25, 0.3) is 0 Å². The molecule has 0 aliphatic rings. The van der Waals surface area contributed by atoms with Crippen LogP contribution in [-0.4, -0.2) is 0 Å². The summed E-state index contributed by atoms with van der Waals surface area (Å²) in [5, 5.41) is 16.7.